The molecule has 0 aliphatic rings. The fraction of sp³-hybridized carbons (Fsp3) is 0.892. The van der Waals surface area contributed by atoms with Crippen LogP contribution in [0.15, 0.2) is 0 Å². The molecule has 5 unspecified atom stereocenters. The number of aliphatic carboxylic acids is 2. The quantitative estimate of drug-likeness (QED) is 0.0121. The molecule has 0 aliphatic carbocycles. The molecule has 41 nitrogen and oxygen atoms in total. The Kier molecular flexibility index (Phi) is 117. The van der Waals surface area contributed by atoms with Crippen LogP contribution in [0.4, 0.5) is 0 Å². The van der Waals surface area contributed by atoms with Crippen molar-refractivity contribution in [2.24, 2.45) is 0 Å². The van der Waals surface area contributed by atoms with Gasteiger partial charge in [-0.1, -0.05) is 239 Å². The van der Waals surface area contributed by atoms with Gasteiger partial charge in [0.05, 0.1) is 52.5 Å². The molecule has 149 heavy (non-hydrogen) atoms. The Morgan fingerprint density at radius 1 is 0.255 bits per heavy atom. The monoisotopic (exact) mass is 2260 g/mol. The lowest BCUT2D eigenvalue weighted by atomic mass is 9.96. The summed E-state index contributed by atoms with van der Waals surface area (Å²) in [5, 5.41) is 29.9. The number of amides is 1. The Labute approximate surface area is 893 Å². The highest BCUT2D eigenvalue weighted by molar-refractivity contribution is 7.46. The van der Waals surface area contributed by atoms with E-state index in [4.69, 9.17) is 95.3 Å². The third-order valence-corrected chi connectivity index (χ3v) is 25.3. The maximum atomic E-state index is 12.0. The van der Waals surface area contributed by atoms with Gasteiger partial charge in [0.1, 0.15) is 59.5 Å². The number of hydrogen-bond acceptors (Lipinski definition) is 34. The molecule has 0 spiro atoms. The number of aliphatic hydroxyl groups is 1. The van der Waals surface area contributed by atoms with Gasteiger partial charge < -0.3 is 87.6 Å². The number of rotatable bonds is 104. The summed E-state index contributed by atoms with van der Waals surface area (Å²) < 4.78 is 144. The first-order chi connectivity index (χ1) is 71.4. The van der Waals surface area contributed by atoms with Crippen molar-refractivity contribution in [3.05, 3.63) is 0 Å². The fourth-order valence-corrected chi connectivity index (χ4v) is 16.5. The van der Waals surface area contributed by atoms with Crippen LogP contribution in [0.25, 0.3) is 0 Å². The molecule has 8 N–H and O–H groups in total. The first-order valence-electron chi connectivity index (χ1n) is 54.8. The van der Waals surface area contributed by atoms with Crippen molar-refractivity contribution in [3.8, 4) is 0 Å². The normalized spacial score (nSPS) is 11.9. The summed E-state index contributed by atoms with van der Waals surface area (Å²) in [7, 11) is -15.9. The van der Waals surface area contributed by atoms with Crippen LogP contribution in [0, 0.1) is 0 Å². The first-order valence-corrected chi connectivity index (χ1v) is 64.3. The molecular weight excluding hydrogens is 2060 g/mol. The summed E-state index contributed by atoms with van der Waals surface area (Å²) in [6.45, 7) is 17.8. The average molecular weight is 2260 g/mol. The summed E-state index contributed by atoms with van der Waals surface area (Å²) in [6.07, 6.45) is 55.7. The number of nitrogens with one attached hydrogen (secondary N) is 1. The molecule has 0 saturated carbocycles. The number of esters is 8. The molecule has 0 aromatic carbocycles. The smallest absolute Gasteiger partial charge is 0.481 e. The highest BCUT2D eigenvalue weighted by atomic mass is 31.2. The van der Waals surface area contributed by atoms with E-state index in [2.05, 4.69) is 35.1 Å². The molecule has 1 amide bonds. The van der Waals surface area contributed by atoms with Gasteiger partial charge in [0.25, 0.3) is 0 Å². The molecule has 0 bridgehead atoms. The van der Waals surface area contributed by atoms with Crippen molar-refractivity contribution < 1.29 is 190 Å². The molecule has 0 aromatic rings. The van der Waals surface area contributed by atoms with Crippen molar-refractivity contribution >= 4 is 113 Å². The fourth-order valence-electron chi connectivity index (χ4n) is 13.9. The summed E-state index contributed by atoms with van der Waals surface area (Å²) in [4.78, 5) is 161. The molecule has 0 radical (unpaired) electrons. The van der Waals surface area contributed by atoms with Crippen LogP contribution in [0.2, 0.25) is 0 Å². The lowest BCUT2D eigenvalue weighted by Crippen LogP contribution is -2.44. The summed E-state index contributed by atoms with van der Waals surface area (Å²) >= 11 is 0. The summed E-state index contributed by atoms with van der Waals surface area (Å²) in [5.41, 5.74) is -2.47. The highest BCUT2D eigenvalue weighted by Crippen LogP contribution is 2.37. The number of phosphoric ester groups is 2. The van der Waals surface area contributed by atoms with Gasteiger partial charge in [-0.15, -0.1) is 18.1 Å². The molecule has 0 heterocycles. The number of carbonyl (C=O) groups excluding carboxylic acids is 9. The van der Waals surface area contributed by atoms with E-state index in [1.807, 2.05) is 0 Å². The van der Waals surface area contributed by atoms with Gasteiger partial charge in [0, 0.05) is 77.7 Å². The van der Waals surface area contributed by atoms with Crippen LogP contribution in [0.1, 0.15) is 432 Å². The van der Waals surface area contributed by atoms with E-state index < -0.39 is 96.0 Å². The molecule has 0 rings (SSSR count). The van der Waals surface area contributed by atoms with Crippen molar-refractivity contribution in [1.82, 2.24) is 5.32 Å². The number of phosphoric acid groups is 2. The van der Waals surface area contributed by atoms with Gasteiger partial charge in [0.2, 0.25) is 11.5 Å². The van der Waals surface area contributed by atoms with Gasteiger partial charge in [-0.25, -0.2) is 13.9 Å². The summed E-state index contributed by atoms with van der Waals surface area (Å²) in [6, 6.07) is 0. The van der Waals surface area contributed by atoms with E-state index in [0.29, 0.717) is 169 Å². The van der Waals surface area contributed by atoms with Crippen molar-refractivity contribution in [2.45, 2.75) is 437 Å². The Balaban J connectivity index is -0.000000586. The Morgan fingerprint density at radius 2 is 0.483 bits per heavy atom. The Bertz CT molecular complexity index is 3370. The van der Waals surface area contributed by atoms with E-state index in [0.717, 1.165) is 122 Å². The molecule has 874 valence electrons. The largest absolute Gasteiger partial charge is 0.506 e. The molecule has 0 fully saturated rings. The summed E-state index contributed by atoms with van der Waals surface area (Å²) in [5.74, 6) is -6.28. The number of aliphatic hydroxyl groups excluding tert-OH is 1. The minimum atomic E-state index is -4.45. The van der Waals surface area contributed by atoms with Crippen molar-refractivity contribution in [3.63, 3.8) is 0 Å². The third kappa shape index (κ3) is 133. The molecule has 0 saturated heterocycles. The van der Waals surface area contributed by atoms with Crippen LogP contribution in [-0.4, -0.2) is 258 Å². The SMILES string of the molecule is CCCCCCCCCCCCOC(=O)CCCCCNC(=O)CCCCCO[P+](C)=O.CCCCCCCCCCCCOCCOC(=O)CCCCCOC(=O)CC(CC(=O)O)(O[P+](C)=O)C(=O)O.CCCCCCCCCCCCOCCOC(=O)CCCCCO[P+](C)=O.C[P+](=O)OCCCCCC(=O)OCCOC(=O)CCCCCO.O=C(CCCCCOP(=O)(O)O)OCCOC(=O)CCCCCOP(=O)(O)O. The number of carboxylic acids is 2. The minimum absolute atomic E-state index is 0.0400. The van der Waals surface area contributed by atoms with E-state index in [-0.39, 0.29) is 114 Å². The van der Waals surface area contributed by atoms with Crippen molar-refractivity contribution in [2.75, 3.05) is 152 Å². The second kappa shape index (κ2) is 115. The zero-order valence-electron chi connectivity index (χ0n) is 91.5. The van der Waals surface area contributed by atoms with Crippen LogP contribution < -0.4 is 5.32 Å². The number of carbonyl (C=O) groups is 11. The molecule has 0 aromatic heterocycles. The van der Waals surface area contributed by atoms with E-state index in [1.165, 1.54) is 167 Å². The Hall–Kier alpha value is -5.49. The van der Waals surface area contributed by atoms with Gasteiger partial charge in [0.15, 0.2) is 26.7 Å². The average Bonchev–Trinajstić information content (AvgIpc) is 0.822. The molecule has 47 heteroatoms. The zero-order valence-corrected chi connectivity index (χ0v) is 96.8. The number of hydrogen-bond donors (Lipinski definition) is 8. The zero-order chi connectivity index (χ0) is 112. The minimum Gasteiger partial charge on any atom is -0.481 e. The van der Waals surface area contributed by atoms with E-state index in [9.17, 15) is 85.2 Å². The van der Waals surface area contributed by atoms with E-state index >= 15 is 0 Å². The van der Waals surface area contributed by atoms with Crippen LogP contribution in [-0.2, 0) is 155 Å². The number of unbranched alkanes of at least 4 members (excludes halogenated alkanes) is 43. The molecular formula is C102H195NO40P6+4. The van der Waals surface area contributed by atoms with Crippen molar-refractivity contribution in [1.29, 1.82) is 0 Å². The van der Waals surface area contributed by atoms with Crippen LogP contribution in [0.5, 0.6) is 0 Å². The standard InChI is InChI=1S/C27H47O11P.C25H48NO5P.C21H42O5P.C15H28O7P.C14H28O12P2/c1-3-4-5-6-7-8-9-10-11-14-17-35-19-20-37-24(30)16-13-12-15-18-36-25(31)22-27(26(32)33,21-23(28)29)38-39(2)34;1-3-4-5-6-7-8-9-10-11-17-22-30-25(28)20-15-12-16-21-26-24(27)19-14-13-18-23-31-32(2)29;1-3-4-5-6-7-8-9-10-11-14-17-24-19-20-25-21(22)16-13-12-15-18-26-27(2)23;1-23(19)22-11-7-3-5-9-15(18)21-13-12-20-14(17)8-4-2-6-10-16;15-13(7-3-1-5-9-25-27(17,18)19)23-11-12-24-14(16)8-4-2-6-10-26-28(20,21)22/h3-22H2,1-2H3,(H-,28,29,32,33);3-23H2,1-2H3;3-20H2,1-2H3;16H,2-13H2,1H3;1-12H2,(H2,17,18,19)(H2,20,21,22)/q;;2*+1;/p+2. The second-order valence-corrected chi connectivity index (χ2v) is 43.1. The van der Waals surface area contributed by atoms with E-state index in [1.54, 1.807) is 13.3 Å². The van der Waals surface area contributed by atoms with Crippen LogP contribution in [0.3, 0.4) is 0 Å². The maximum Gasteiger partial charge on any atom is 0.506 e. The first kappa shape index (κ1) is 152. The number of ether oxygens (including phenoxy) is 10. The Morgan fingerprint density at radius 3 is 0.745 bits per heavy atom. The predicted octanol–water partition coefficient (Wildman–Crippen LogP) is 23.1. The predicted molar refractivity (Wildman–Crippen MR) is 569 cm³/mol. The second-order valence-electron chi connectivity index (χ2n) is 36.1. The highest BCUT2D eigenvalue weighted by Gasteiger charge is 2.51. The number of carboxylic acid groups (broad SMARTS) is 2. The van der Waals surface area contributed by atoms with Gasteiger partial charge in [-0.3, -0.25) is 57.0 Å². The molecule has 5 atom stereocenters. The van der Waals surface area contributed by atoms with Crippen LogP contribution >= 0.6 is 47.8 Å². The van der Waals surface area contributed by atoms with Gasteiger partial charge >= 0.3 is 107 Å². The van der Waals surface area contributed by atoms with Gasteiger partial charge in [-0.2, -0.15) is 0 Å². The maximum absolute atomic E-state index is 12.0. The lowest BCUT2D eigenvalue weighted by molar-refractivity contribution is -0.168. The molecule has 0 aliphatic heterocycles. The van der Waals surface area contributed by atoms with Gasteiger partial charge in [-0.05, 0) is 147 Å². The topological polar surface area (TPSA) is 592 Å². The third-order valence-electron chi connectivity index (χ3n) is 22.0. The lowest BCUT2D eigenvalue weighted by Gasteiger charge is -2.20.